The average Bonchev–Trinajstić information content (AvgIpc) is 2.20. The van der Waals surface area contributed by atoms with E-state index in [0.717, 1.165) is 6.07 Å². The van der Waals surface area contributed by atoms with Crippen LogP contribution >= 0.6 is 15.9 Å². The number of ether oxygens (including phenoxy) is 1. The van der Waals surface area contributed by atoms with Gasteiger partial charge in [-0.25, -0.2) is 4.39 Å². The standard InChI is InChI=1S/C12H14BrFO4/c1-12(2,5-8(15)16)9-6(13)4-7(14)10(17)11(9)18-3/h4,17H,5H2,1-3H3,(H,15,16). The zero-order valence-electron chi connectivity index (χ0n) is 10.3. The Morgan fingerprint density at radius 3 is 2.56 bits per heavy atom. The molecule has 1 rings (SSSR count). The summed E-state index contributed by atoms with van der Waals surface area (Å²) in [7, 11) is 1.29. The van der Waals surface area contributed by atoms with Crippen LogP contribution in [-0.4, -0.2) is 23.3 Å². The molecule has 0 unspecified atom stereocenters. The third-order valence-electron chi connectivity index (χ3n) is 2.63. The molecule has 0 radical (unpaired) electrons. The van der Waals surface area contributed by atoms with Crippen molar-refractivity contribution in [3.05, 3.63) is 21.9 Å². The van der Waals surface area contributed by atoms with Gasteiger partial charge in [-0.15, -0.1) is 0 Å². The molecule has 0 bridgehead atoms. The smallest absolute Gasteiger partial charge is 0.304 e. The number of halogens is 2. The minimum atomic E-state index is -0.988. The average molecular weight is 321 g/mol. The van der Waals surface area contributed by atoms with E-state index in [2.05, 4.69) is 15.9 Å². The van der Waals surface area contributed by atoms with Crippen molar-refractivity contribution < 1.29 is 24.1 Å². The van der Waals surface area contributed by atoms with Gasteiger partial charge in [-0.05, 0) is 6.07 Å². The molecule has 2 N–H and O–H groups in total. The van der Waals surface area contributed by atoms with Crippen LogP contribution in [0, 0.1) is 5.82 Å². The van der Waals surface area contributed by atoms with Gasteiger partial charge in [0.15, 0.2) is 17.3 Å². The number of hydrogen-bond donors (Lipinski definition) is 2. The fourth-order valence-corrected chi connectivity index (χ4v) is 2.80. The molecule has 0 aliphatic carbocycles. The van der Waals surface area contributed by atoms with Gasteiger partial charge < -0.3 is 14.9 Å². The molecule has 6 heteroatoms. The molecule has 1 aromatic rings. The Hall–Kier alpha value is -1.30. The first-order valence-electron chi connectivity index (χ1n) is 5.18. The molecule has 100 valence electrons. The second kappa shape index (κ2) is 5.14. The van der Waals surface area contributed by atoms with E-state index in [0.29, 0.717) is 10.0 Å². The second-order valence-electron chi connectivity index (χ2n) is 4.55. The lowest BCUT2D eigenvalue weighted by Gasteiger charge is -2.27. The van der Waals surface area contributed by atoms with Crippen molar-refractivity contribution in [3.63, 3.8) is 0 Å². The summed E-state index contributed by atoms with van der Waals surface area (Å²) in [6.07, 6.45) is -0.174. The molecule has 0 spiro atoms. The molecule has 0 aliphatic heterocycles. The number of phenolic OH excluding ortho intramolecular Hbond substituents is 1. The summed E-state index contributed by atoms with van der Waals surface area (Å²) < 4.78 is 18.7. The van der Waals surface area contributed by atoms with E-state index in [1.807, 2.05) is 0 Å². The van der Waals surface area contributed by atoms with Crippen molar-refractivity contribution in [2.45, 2.75) is 25.7 Å². The summed E-state index contributed by atoms with van der Waals surface area (Å²) in [4.78, 5) is 10.9. The normalized spacial score (nSPS) is 11.4. The van der Waals surface area contributed by atoms with E-state index in [-0.39, 0.29) is 12.2 Å². The highest BCUT2D eigenvalue weighted by Gasteiger charge is 2.32. The van der Waals surface area contributed by atoms with Crippen molar-refractivity contribution in [2.24, 2.45) is 0 Å². The molecule has 0 saturated carbocycles. The van der Waals surface area contributed by atoms with E-state index in [4.69, 9.17) is 9.84 Å². The third-order valence-corrected chi connectivity index (χ3v) is 3.26. The number of carboxylic acid groups (broad SMARTS) is 1. The largest absolute Gasteiger partial charge is 0.502 e. The maximum Gasteiger partial charge on any atom is 0.304 e. The molecule has 0 atom stereocenters. The lowest BCUT2D eigenvalue weighted by atomic mass is 9.81. The predicted molar refractivity (Wildman–Crippen MR) is 67.6 cm³/mol. The summed E-state index contributed by atoms with van der Waals surface area (Å²) in [6.45, 7) is 3.36. The number of aliphatic carboxylic acids is 1. The van der Waals surface area contributed by atoms with Gasteiger partial charge in [-0.1, -0.05) is 29.8 Å². The van der Waals surface area contributed by atoms with Crippen LogP contribution in [0.15, 0.2) is 10.5 Å². The topological polar surface area (TPSA) is 66.8 Å². The fourth-order valence-electron chi connectivity index (χ4n) is 1.88. The van der Waals surface area contributed by atoms with E-state index in [1.54, 1.807) is 13.8 Å². The quantitative estimate of drug-likeness (QED) is 0.894. The highest BCUT2D eigenvalue weighted by atomic mass is 79.9. The van der Waals surface area contributed by atoms with Crippen molar-refractivity contribution in [2.75, 3.05) is 7.11 Å². The number of rotatable bonds is 4. The van der Waals surface area contributed by atoms with Crippen LogP contribution in [0.3, 0.4) is 0 Å². The minimum absolute atomic E-state index is 0.0480. The van der Waals surface area contributed by atoms with Crippen LogP contribution in [-0.2, 0) is 10.2 Å². The van der Waals surface area contributed by atoms with Crippen molar-refractivity contribution >= 4 is 21.9 Å². The molecule has 4 nitrogen and oxygen atoms in total. The summed E-state index contributed by atoms with van der Waals surface area (Å²) in [6, 6.07) is 1.09. The molecular formula is C12H14BrFO4. The zero-order valence-corrected chi connectivity index (χ0v) is 11.8. The van der Waals surface area contributed by atoms with Gasteiger partial charge in [-0.2, -0.15) is 0 Å². The number of phenols is 1. The van der Waals surface area contributed by atoms with Crippen LogP contribution in [0.2, 0.25) is 0 Å². The van der Waals surface area contributed by atoms with Gasteiger partial charge in [0.25, 0.3) is 0 Å². The van der Waals surface area contributed by atoms with E-state index in [1.165, 1.54) is 7.11 Å². The Bertz CT molecular complexity index is 485. The molecule has 0 fully saturated rings. The summed E-state index contributed by atoms with van der Waals surface area (Å²) in [5.74, 6) is -2.48. The number of hydrogen-bond acceptors (Lipinski definition) is 3. The van der Waals surface area contributed by atoms with Crippen LogP contribution < -0.4 is 4.74 Å². The van der Waals surface area contributed by atoms with Crippen LogP contribution in [0.1, 0.15) is 25.8 Å². The molecule has 18 heavy (non-hydrogen) atoms. The van der Waals surface area contributed by atoms with Crippen molar-refractivity contribution in [3.8, 4) is 11.5 Å². The first kappa shape index (κ1) is 14.8. The fraction of sp³-hybridized carbons (Fsp3) is 0.417. The lowest BCUT2D eigenvalue weighted by Crippen LogP contribution is -2.23. The number of carboxylic acids is 1. The Morgan fingerprint density at radius 1 is 1.56 bits per heavy atom. The van der Waals surface area contributed by atoms with Crippen molar-refractivity contribution in [1.82, 2.24) is 0 Å². The Labute approximate surface area is 113 Å². The monoisotopic (exact) mass is 320 g/mol. The van der Waals surface area contributed by atoms with E-state index < -0.39 is 23.0 Å². The molecular weight excluding hydrogens is 307 g/mol. The van der Waals surface area contributed by atoms with Gasteiger partial charge in [0.2, 0.25) is 0 Å². The minimum Gasteiger partial charge on any atom is -0.502 e. The van der Waals surface area contributed by atoms with Crippen LogP contribution in [0.25, 0.3) is 0 Å². The number of benzene rings is 1. The Morgan fingerprint density at radius 2 is 2.11 bits per heavy atom. The summed E-state index contributed by atoms with van der Waals surface area (Å²) >= 11 is 3.17. The maximum atomic E-state index is 13.4. The number of methoxy groups -OCH3 is 1. The van der Waals surface area contributed by atoms with Gasteiger partial charge in [0.05, 0.1) is 13.5 Å². The molecule has 0 aromatic heterocycles. The second-order valence-corrected chi connectivity index (χ2v) is 5.41. The molecule has 0 amide bonds. The van der Waals surface area contributed by atoms with Gasteiger partial charge in [-0.3, -0.25) is 4.79 Å². The lowest BCUT2D eigenvalue weighted by molar-refractivity contribution is -0.138. The summed E-state index contributed by atoms with van der Waals surface area (Å²) in [5, 5.41) is 18.5. The Kier molecular flexibility index (Phi) is 4.21. The maximum absolute atomic E-state index is 13.4. The third kappa shape index (κ3) is 2.75. The van der Waals surface area contributed by atoms with E-state index in [9.17, 15) is 14.3 Å². The molecule has 0 heterocycles. The van der Waals surface area contributed by atoms with E-state index >= 15 is 0 Å². The first-order chi connectivity index (χ1) is 8.20. The van der Waals surface area contributed by atoms with Gasteiger partial charge in [0.1, 0.15) is 0 Å². The first-order valence-corrected chi connectivity index (χ1v) is 5.97. The molecule has 0 saturated heterocycles. The van der Waals surface area contributed by atoms with Gasteiger partial charge >= 0.3 is 5.97 Å². The number of carbonyl (C=O) groups is 1. The zero-order chi connectivity index (χ0) is 14.1. The number of aromatic hydroxyl groups is 1. The van der Waals surface area contributed by atoms with Gasteiger partial charge in [0, 0.05) is 15.5 Å². The Balaban J connectivity index is 3.48. The van der Waals surface area contributed by atoms with Crippen LogP contribution in [0.5, 0.6) is 11.5 Å². The SMILES string of the molecule is COc1c(O)c(F)cc(Br)c1C(C)(C)CC(=O)O. The van der Waals surface area contributed by atoms with Crippen molar-refractivity contribution in [1.29, 1.82) is 0 Å². The van der Waals surface area contributed by atoms with Crippen LogP contribution in [0.4, 0.5) is 4.39 Å². The highest BCUT2D eigenvalue weighted by molar-refractivity contribution is 9.10. The molecule has 0 aliphatic rings. The summed E-state index contributed by atoms with van der Waals surface area (Å²) in [5.41, 5.74) is -0.396. The molecule has 1 aromatic carbocycles. The predicted octanol–water partition coefficient (Wildman–Crippen LogP) is 3.05. The highest BCUT2D eigenvalue weighted by Crippen LogP contribution is 2.45.